The highest BCUT2D eigenvalue weighted by Crippen LogP contribution is 2.20. The number of pyridine rings is 2. The normalized spacial score (nSPS) is 11.5. The third-order valence-corrected chi connectivity index (χ3v) is 4.44. The molecule has 0 unspecified atom stereocenters. The van der Waals surface area contributed by atoms with Crippen molar-refractivity contribution in [1.82, 2.24) is 14.7 Å². The fraction of sp³-hybridized carbons (Fsp3) is 0.167. The molecule has 0 aliphatic heterocycles. The van der Waals surface area contributed by atoms with Crippen LogP contribution in [-0.2, 0) is 16.6 Å². The fourth-order valence-electron chi connectivity index (χ4n) is 1.51. The molecule has 0 aromatic carbocycles. The van der Waals surface area contributed by atoms with Crippen molar-refractivity contribution in [1.29, 1.82) is 0 Å². The molecule has 3 N–H and O–H groups in total. The quantitative estimate of drug-likeness (QED) is 0.866. The Kier molecular flexibility index (Phi) is 4.36. The third kappa shape index (κ3) is 3.53. The Balaban J connectivity index is 2.19. The molecule has 2 aromatic heterocycles. The summed E-state index contributed by atoms with van der Waals surface area (Å²) in [5.74, 6) is -0.0391. The van der Waals surface area contributed by atoms with Crippen LogP contribution in [0.3, 0.4) is 0 Å². The van der Waals surface area contributed by atoms with Crippen LogP contribution < -0.4 is 10.5 Å². The van der Waals surface area contributed by atoms with Crippen molar-refractivity contribution in [2.45, 2.75) is 18.4 Å². The minimum absolute atomic E-state index is 0.0391. The van der Waals surface area contributed by atoms with E-state index >= 15 is 0 Å². The first kappa shape index (κ1) is 14.9. The molecular weight excluding hydrogens is 344 g/mol. The van der Waals surface area contributed by atoms with E-state index in [0.717, 1.165) is 11.3 Å². The van der Waals surface area contributed by atoms with Crippen LogP contribution in [0.25, 0.3) is 0 Å². The van der Waals surface area contributed by atoms with Gasteiger partial charge in [-0.25, -0.2) is 18.1 Å². The van der Waals surface area contributed by atoms with Gasteiger partial charge in [0.2, 0.25) is 10.0 Å². The van der Waals surface area contributed by atoms with Crippen LogP contribution in [0, 0.1) is 6.92 Å². The van der Waals surface area contributed by atoms with Gasteiger partial charge >= 0.3 is 0 Å². The van der Waals surface area contributed by atoms with E-state index in [9.17, 15) is 8.42 Å². The summed E-state index contributed by atoms with van der Waals surface area (Å²) in [7, 11) is -3.72. The summed E-state index contributed by atoms with van der Waals surface area (Å²) < 4.78 is 27.4. The molecule has 0 radical (unpaired) electrons. The van der Waals surface area contributed by atoms with Crippen molar-refractivity contribution in [3.63, 3.8) is 0 Å². The Labute approximate surface area is 125 Å². The molecule has 0 aliphatic carbocycles. The van der Waals surface area contributed by atoms with E-state index in [1.165, 1.54) is 12.3 Å². The SMILES string of the molecule is Cc1ccc(CNS(=O)(=O)c2cc(Br)cnc2N)cn1. The number of nitrogens with zero attached hydrogens (tertiary/aromatic N) is 2. The lowest BCUT2D eigenvalue weighted by Crippen LogP contribution is -2.24. The van der Waals surface area contributed by atoms with Crippen molar-refractivity contribution in [2.75, 3.05) is 5.73 Å². The van der Waals surface area contributed by atoms with E-state index in [2.05, 4.69) is 30.6 Å². The Morgan fingerprint density at radius 2 is 2.05 bits per heavy atom. The molecule has 0 fully saturated rings. The third-order valence-electron chi connectivity index (χ3n) is 2.58. The molecule has 2 heterocycles. The molecule has 0 bridgehead atoms. The minimum atomic E-state index is -3.72. The molecule has 0 saturated heterocycles. The second-order valence-corrected chi connectivity index (χ2v) is 6.82. The molecule has 0 amide bonds. The van der Waals surface area contributed by atoms with Gasteiger partial charge < -0.3 is 5.73 Å². The van der Waals surface area contributed by atoms with Crippen LogP contribution >= 0.6 is 15.9 Å². The van der Waals surface area contributed by atoms with Crippen LogP contribution in [0.5, 0.6) is 0 Å². The van der Waals surface area contributed by atoms with E-state index in [1.54, 1.807) is 6.20 Å². The van der Waals surface area contributed by atoms with Crippen molar-refractivity contribution >= 4 is 31.8 Å². The Hall–Kier alpha value is -1.51. The lowest BCUT2D eigenvalue weighted by atomic mass is 10.2. The topological polar surface area (TPSA) is 98.0 Å². The second kappa shape index (κ2) is 5.86. The van der Waals surface area contributed by atoms with E-state index in [0.29, 0.717) is 4.47 Å². The van der Waals surface area contributed by atoms with Gasteiger partial charge in [0.25, 0.3) is 0 Å². The van der Waals surface area contributed by atoms with Gasteiger partial charge in [-0.3, -0.25) is 4.98 Å². The predicted molar refractivity (Wildman–Crippen MR) is 79.3 cm³/mol. The van der Waals surface area contributed by atoms with E-state index < -0.39 is 10.0 Å². The van der Waals surface area contributed by atoms with Gasteiger partial charge in [-0.2, -0.15) is 0 Å². The predicted octanol–water partition coefficient (Wildman–Crippen LogP) is 1.61. The number of rotatable bonds is 4. The number of nitrogens with one attached hydrogen (secondary N) is 1. The summed E-state index contributed by atoms with van der Waals surface area (Å²) >= 11 is 3.17. The lowest BCUT2D eigenvalue weighted by Gasteiger charge is -2.09. The Morgan fingerprint density at radius 1 is 1.30 bits per heavy atom. The first-order chi connectivity index (χ1) is 9.38. The van der Waals surface area contributed by atoms with Crippen LogP contribution in [0.4, 0.5) is 5.82 Å². The number of anilines is 1. The zero-order valence-electron chi connectivity index (χ0n) is 10.7. The van der Waals surface area contributed by atoms with E-state index in [4.69, 9.17) is 5.73 Å². The van der Waals surface area contributed by atoms with Gasteiger partial charge in [-0.15, -0.1) is 0 Å². The number of halogens is 1. The zero-order chi connectivity index (χ0) is 14.8. The van der Waals surface area contributed by atoms with Crippen LogP contribution in [0.15, 0.2) is 40.0 Å². The standard InChI is InChI=1S/C12H13BrN4O2S/c1-8-2-3-9(5-15-8)6-17-20(18,19)11-4-10(13)7-16-12(11)14/h2-5,7,17H,6H2,1H3,(H2,14,16). The summed E-state index contributed by atoms with van der Waals surface area (Å²) in [6.45, 7) is 2.00. The van der Waals surface area contributed by atoms with Gasteiger partial charge in [0.05, 0.1) is 0 Å². The summed E-state index contributed by atoms with van der Waals surface area (Å²) in [6.07, 6.45) is 3.07. The van der Waals surface area contributed by atoms with Crippen molar-refractivity contribution in [3.8, 4) is 0 Å². The lowest BCUT2D eigenvalue weighted by molar-refractivity contribution is 0.581. The van der Waals surface area contributed by atoms with Crippen LogP contribution in [-0.4, -0.2) is 18.4 Å². The fourth-order valence-corrected chi connectivity index (χ4v) is 3.11. The molecule has 6 nitrogen and oxygen atoms in total. The first-order valence-corrected chi connectivity index (χ1v) is 7.98. The highest BCUT2D eigenvalue weighted by molar-refractivity contribution is 9.10. The average molecular weight is 357 g/mol. The number of aryl methyl sites for hydroxylation is 1. The number of nitrogens with two attached hydrogens (primary N) is 1. The molecule has 0 atom stereocenters. The van der Waals surface area contributed by atoms with Gasteiger partial charge in [0.15, 0.2) is 0 Å². The molecule has 20 heavy (non-hydrogen) atoms. The number of nitrogen functional groups attached to an aromatic ring is 1. The van der Waals surface area contributed by atoms with Crippen molar-refractivity contribution < 1.29 is 8.42 Å². The first-order valence-electron chi connectivity index (χ1n) is 5.71. The Bertz CT molecular complexity index is 717. The number of hydrogen-bond donors (Lipinski definition) is 2. The van der Waals surface area contributed by atoms with Gasteiger partial charge in [0.1, 0.15) is 10.7 Å². The average Bonchev–Trinajstić information content (AvgIpc) is 2.41. The maximum atomic E-state index is 12.2. The highest BCUT2D eigenvalue weighted by Gasteiger charge is 2.18. The zero-order valence-corrected chi connectivity index (χ0v) is 13.1. The maximum Gasteiger partial charge on any atom is 0.244 e. The van der Waals surface area contributed by atoms with Gasteiger partial charge in [-0.05, 0) is 40.5 Å². The molecule has 2 rings (SSSR count). The summed E-state index contributed by atoms with van der Waals surface area (Å²) in [5.41, 5.74) is 7.24. The number of sulfonamides is 1. The monoisotopic (exact) mass is 356 g/mol. The van der Waals surface area contributed by atoms with Crippen LogP contribution in [0.2, 0.25) is 0 Å². The molecule has 8 heteroatoms. The van der Waals surface area contributed by atoms with Crippen molar-refractivity contribution in [3.05, 3.63) is 46.3 Å². The molecule has 0 aliphatic rings. The summed E-state index contributed by atoms with van der Waals surface area (Å²) in [5, 5.41) is 0. The van der Waals surface area contributed by atoms with Gasteiger partial charge in [-0.1, -0.05) is 6.07 Å². The molecule has 0 spiro atoms. The minimum Gasteiger partial charge on any atom is -0.383 e. The summed E-state index contributed by atoms with van der Waals surface area (Å²) in [4.78, 5) is 7.87. The molecular formula is C12H13BrN4O2S. The number of hydrogen-bond acceptors (Lipinski definition) is 5. The summed E-state index contributed by atoms with van der Waals surface area (Å²) in [6, 6.07) is 5.05. The Morgan fingerprint density at radius 3 is 2.70 bits per heavy atom. The van der Waals surface area contributed by atoms with E-state index in [1.807, 2.05) is 19.1 Å². The maximum absolute atomic E-state index is 12.2. The molecule has 0 saturated carbocycles. The van der Waals surface area contributed by atoms with Crippen molar-refractivity contribution in [2.24, 2.45) is 0 Å². The second-order valence-electron chi connectivity index (χ2n) is 4.17. The molecule has 2 aromatic rings. The van der Waals surface area contributed by atoms with Crippen LogP contribution in [0.1, 0.15) is 11.3 Å². The number of aromatic nitrogens is 2. The van der Waals surface area contributed by atoms with E-state index in [-0.39, 0.29) is 17.3 Å². The smallest absolute Gasteiger partial charge is 0.244 e. The largest absolute Gasteiger partial charge is 0.383 e. The highest BCUT2D eigenvalue weighted by atomic mass is 79.9. The molecule has 106 valence electrons. The van der Waals surface area contributed by atoms with Gasteiger partial charge in [0, 0.05) is 29.1 Å².